The Kier molecular flexibility index (Phi) is 4.74. The molecule has 6 heteroatoms. The fourth-order valence-electron chi connectivity index (χ4n) is 2.73. The zero-order chi connectivity index (χ0) is 19.9. The third-order valence-electron chi connectivity index (χ3n) is 4.42. The van der Waals surface area contributed by atoms with Gasteiger partial charge in [0.15, 0.2) is 24.0 Å². The van der Waals surface area contributed by atoms with E-state index in [4.69, 9.17) is 16.3 Å². The third-order valence-corrected chi connectivity index (χ3v) is 4.81. The zero-order valence-corrected chi connectivity index (χ0v) is 15.8. The molecule has 2 aromatic carbocycles. The largest absolute Gasteiger partial charge is 0.454 e. The molecule has 0 saturated carbocycles. The van der Waals surface area contributed by atoms with E-state index < -0.39 is 23.8 Å². The molecule has 0 spiro atoms. The minimum absolute atomic E-state index is 0.0167. The highest BCUT2D eigenvalue weighted by Crippen LogP contribution is 2.34. The Bertz CT molecular complexity index is 998. The van der Waals surface area contributed by atoms with E-state index in [2.05, 4.69) is 0 Å². The molecule has 2 aromatic rings. The number of carbonyl (C=O) groups is 4. The molecule has 3 rings (SSSR count). The molecule has 0 amide bonds. The van der Waals surface area contributed by atoms with Crippen LogP contribution in [0, 0.1) is 5.41 Å². The predicted molar refractivity (Wildman–Crippen MR) is 99.5 cm³/mol. The molecule has 0 aromatic heterocycles. The third kappa shape index (κ3) is 3.30. The van der Waals surface area contributed by atoms with E-state index in [1.165, 1.54) is 12.1 Å². The van der Waals surface area contributed by atoms with Crippen molar-refractivity contribution in [2.75, 3.05) is 6.61 Å². The molecule has 1 aliphatic rings. The Morgan fingerprint density at radius 2 is 1.52 bits per heavy atom. The van der Waals surface area contributed by atoms with E-state index in [-0.39, 0.29) is 38.8 Å². The summed E-state index contributed by atoms with van der Waals surface area (Å²) >= 11 is 6.29. The van der Waals surface area contributed by atoms with Crippen molar-refractivity contribution in [1.29, 1.82) is 0 Å². The second kappa shape index (κ2) is 6.74. The summed E-state index contributed by atoms with van der Waals surface area (Å²) in [5, 5.41) is -0.145. The number of Topliss-reactive ketones (excluding diaryl/α,β-unsaturated/α-hetero) is 1. The van der Waals surface area contributed by atoms with Gasteiger partial charge in [0.25, 0.3) is 0 Å². The molecule has 0 radical (unpaired) electrons. The van der Waals surface area contributed by atoms with Crippen molar-refractivity contribution >= 4 is 34.9 Å². The number of fused-ring (bicyclic) bond motifs is 2. The van der Waals surface area contributed by atoms with Gasteiger partial charge in [-0.2, -0.15) is 0 Å². The Balaban J connectivity index is 1.96. The molecule has 5 nitrogen and oxygen atoms in total. The lowest BCUT2D eigenvalue weighted by atomic mass is 9.83. The summed E-state index contributed by atoms with van der Waals surface area (Å²) < 4.78 is 5.05. The first kappa shape index (κ1) is 19.0. The molecule has 138 valence electrons. The van der Waals surface area contributed by atoms with Gasteiger partial charge in [0.1, 0.15) is 0 Å². The molecule has 1 aliphatic carbocycles. The van der Waals surface area contributed by atoms with Crippen LogP contribution in [0.15, 0.2) is 36.4 Å². The van der Waals surface area contributed by atoms with Gasteiger partial charge in [-0.3, -0.25) is 14.4 Å². The lowest BCUT2D eigenvalue weighted by Gasteiger charge is -2.20. The number of carbonyl (C=O) groups excluding carboxylic acids is 4. The smallest absolute Gasteiger partial charge is 0.340 e. The number of rotatable bonds is 3. The first-order valence-electron chi connectivity index (χ1n) is 8.34. The van der Waals surface area contributed by atoms with Crippen LogP contribution in [0.2, 0.25) is 5.02 Å². The minimum atomic E-state index is -0.820. The summed E-state index contributed by atoms with van der Waals surface area (Å²) in [6.45, 7) is 4.76. The van der Waals surface area contributed by atoms with E-state index in [1.54, 1.807) is 45.0 Å². The van der Waals surface area contributed by atoms with Crippen LogP contribution < -0.4 is 0 Å². The van der Waals surface area contributed by atoms with E-state index in [0.29, 0.717) is 5.56 Å². The van der Waals surface area contributed by atoms with Crippen molar-refractivity contribution in [3.63, 3.8) is 0 Å². The van der Waals surface area contributed by atoms with E-state index in [1.807, 2.05) is 0 Å². The van der Waals surface area contributed by atoms with Gasteiger partial charge in [-0.15, -0.1) is 0 Å². The van der Waals surface area contributed by atoms with Gasteiger partial charge < -0.3 is 4.74 Å². The van der Waals surface area contributed by atoms with Crippen LogP contribution in [0.4, 0.5) is 0 Å². The van der Waals surface area contributed by atoms with Crippen LogP contribution in [0.25, 0.3) is 0 Å². The SMILES string of the molecule is CC(C)(C)C(=O)COC(=O)c1ccc2c(c1Cl)C(=O)c1ccccc1C2=O. The van der Waals surface area contributed by atoms with Crippen LogP contribution in [-0.4, -0.2) is 29.9 Å². The topological polar surface area (TPSA) is 77.5 Å². The number of benzene rings is 2. The highest BCUT2D eigenvalue weighted by molar-refractivity contribution is 6.41. The summed E-state index contributed by atoms with van der Waals surface area (Å²) in [6.07, 6.45) is 0. The summed E-state index contributed by atoms with van der Waals surface area (Å²) in [5.41, 5.74) is -0.0328. The molecule has 0 saturated heterocycles. The van der Waals surface area contributed by atoms with Crippen molar-refractivity contribution in [2.24, 2.45) is 5.41 Å². The molecule has 0 fully saturated rings. The minimum Gasteiger partial charge on any atom is -0.454 e. The number of esters is 1. The van der Waals surface area contributed by atoms with Gasteiger partial charge >= 0.3 is 5.97 Å². The quantitative estimate of drug-likeness (QED) is 0.640. The standard InChI is InChI=1S/C21H17ClO5/c1-21(2,3)15(23)10-27-20(26)14-9-8-13-16(17(14)22)19(25)12-7-5-4-6-11(12)18(13)24/h4-9H,10H2,1-3H3. The maximum atomic E-state index is 12.8. The lowest BCUT2D eigenvalue weighted by molar-refractivity contribution is -0.129. The molecule has 0 N–H and O–H groups in total. The molecule has 0 aliphatic heterocycles. The monoisotopic (exact) mass is 384 g/mol. The Labute approximate surface area is 161 Å². The number of ketones is 3. The van der Waals surface area contributed by atoms with Crippen molar-refractivity contribution in [2.45, 2.75) is 20.8 Å². The molecule has 0 atom stereocenters. The summed E-state index contributed by atoms with van der Waals surface area (Å²) in [5.74, 6) is -1.82. The van der Waals surface area contributed by atoms with Crippen LogP contribution in [0.5, 0.6) is 0 Å². The van der Waals surface area contributed by atoms with E-state index >= 15 is 0 Å². The van der Waals surface area contributed by atoms with E-state index in [9.17, 15) is 19.2 Å². The lowest BCUT2D eigenvalue weighted by Crippen LogP contribution is -2.27. The van der Waals surface area contributed by atoms with Crippen molar-refractivity contribution < 1.29 is 23.9 Å². The van der Waals surface area contributed by atoms with Gasteiger partial charge in [0.05, 0.1) is 16.1 Å². The average Bonchev–Trinajstić information content (AvgIpc) is 2.62. The van der Waals surface area contributed by atoms with Gasteiger partial charge in [0, 0.05) is 22.1 Å². The van der Waals surface area contributed by atoms with Crippen molar-refractivity contribution in [1.82, 2.24) is 0 Å². The summed E-state index contributed by atoms with van der Waals surface area (Å²) in [4.78, 5) is 49.7. The Hall–Kier alpha value is -2.79. The maximum absolute atomic E-state index is 12.8. The first-order valence-corrected chi connectivity index (χ1v) is 8.72. The van der Waals surface area contributed by atoms with Crippen LogP contribution in [0.3, 0.4) is 0 Å². The Morgan fingerprint density at radius 3 is 2.11 bits per heavy atom. The van der Waals surface area contributed by atoms with Gasteiger partial charge in [-0.25, -0.2) is 4.79 Å². The van der Waals surface area contributed by atoms with Crippen molar-refractivity contribution in [3.8, 4) is 0 Å². The predicted octanol–water partition coefficient (Wildman–Crippen LogP) is 3.89. The van der Waals surface area contributed by atoms with Gasteiger partial charge in [-0.1, -0.05) is 56.6 Å². The normalized spacial score (nSPS) is 13.0. The average molecular weight is 385 g/mol. The second-order valence-electron chi connectivity index (χ2n) is 7.30. The number of halogens is 1. The van der Waals surface area contributed by atoms with E-state index in [0.717, 1.165) is 0 Å². The first-order chi connectivity index (χ1) is 12.6. The van der Waals surface area contributed by atoms with Crippen molar-refractivity contribution in [3.05, 3.63) is 69.2 Å². The number of ether oxygens (including phenoxy) is 1. The molecular weight excluding hydrogens is 368 g/mol. The fraction of sp³-hybridized carbons (Fsp3) is 0.238. The Morgan fingerprint density at radius 1 is 0.926 bits per heavy atom. The molecular formula is C21H17ClO5. The molecule has 27 heavy (non-hydrogen) atoms. The highest BCUT2D eigenvalue weighted by atomic mass is 35.5. The van der Waals surface area contributed by atoms with Crippen LogP contribution in [-0.2, 0) is 9.53 Å². The molecule has 0 heterocycles. The number of hydrogen-bond donors (Lipinski definition) is 0. The summed E-state index contributed by atoms with van der Waals surface area (Å²) in [6, 6.07) is 9.17. The summed E-state index contributed by atoms with van der Waals surface area (Å²) in [7, 11) is 0. The highest BCUT2D eigenvalue weighted by Gasteiger charge is 2.33. The molecule has 0 bridgehead atoms. The van der Waals surface area contributed by atoms with Crippen LogP contribution in [0.1, 0.15) is 63.0 Å². The zero-order valence-electron chi connectivity index (χ0n) is 15.1. The molecule has 0 unspecified atom stereocenters. The number of hydrogen-bond acceptors (Lipinski definition) is 5. The maximum Gasteiger partial charge on any atom is 0.340 e. The fourth-order valence-corrected chi connectivity index (χ4v) is 3.06. The van der Waals surface area contributed by atoms with Gasteiger partial charge in [0.2, 0.25) is 0 Å². The second-order valence-corrected chi connectivity index (χ2v) is 7.68. The van der Waals surface area contributed by atoms with Gasteiger partial charge in [-0.05, 0) is 12.1 Å². The van der Waals surface area contributed by atoms with Crippen LogP contribution >= 0.6 is 11.6 Å².